The number of rotatable bonds is 2. The molecule has 0 aliphatic carbocycles. The van der Waals surface area contributed by atoms with Crippen LogP contribution in [0.25, 0.3) is 0 Å². The van der Waals surface area contributed by atoms with E-state index in [9.17, 15) is 9.59 Å². The van der Waals surface area contributed by atoms with Crippen molar-refractivity contribution < 1.29 is 9.59 Å². The third-order valence-electron chi connectivity index (χ3n) is 3.45. The van der Waals surface area contributed by atoms with E-state index >= 15 is 0 Å². The number of hydrogen-bond acceptors (Lipinski definition) is 4. The Balaban J connectivity index is 1.85. The van der Waals surface area contributed by atoms with E-state index in [-0.39, 0.29) is 24.4 Å². The monoisotopic (exact) mass is 271 g/mol. The minimum absolute atomic E-state index is 0.0480. The summed E-state index contributed by atoms with van der Waals surface area (Å²) in [4.78, 5) is 27.3. The van der Waals surface area contributed by atoms with Crippen LogP contribution < -0.4 is 5.32 Å². The lowest BCUT2D eigenvalue weighted by molar-refractivity contribution is -0.138. The van der Waals surface area contributed by atoms with Crippen molar-refractivity contribution in [3.05, 3.63) is 0 Å². The summed E-state index contributed by atoms with van der Waals surface area (Å²) in [7, 11) is 1.80. The highest BCUT2D eigenvalue weighted by molar-refractivity contribution is 7.99. The second-order valence-electron chi connectivity index (χ2n) is 4.91. The van der Waals surface area contributed by atoms with Crippen molar-refractivity contribution in [2.75, 3.05) is 44.7 Å². The second kappa shape index (κ2) is 6.43. The molecule has 2 rings (SSSR count). The van der Waals surface area contributed by atoms with E-state index in [0.717, 1.165) is 31.0 Å². The third-order valence-corrected chi connectivity index (χ3v) is 4.58. The molecule has 0 spiro atoms. The zero-order chi connectivity index (χ0) is 13.0. The van der Waals surface area contributed by atoms with Crippen molar-refractivity contribution in [1.82, 2.24) is 15.1 Å². The highest BCUT2D eigenvalue weighted by Gasteiger charge is 2.25. The zero-order valence-electron chi connectivity index (χ0n) is 10.9. The number of amides is 2. The largest absolute Gasteiger partial charge is 0.344 e. The van der Waals surface area contributed by atoms with Crippen molar-refractivity contribution in [3.63, 3.8) is 0 Å². The molecule has 102 valence electrons. The van der Waals surface area contributed by atoms with E-state index in [0.29, 0.717) is 13.0 Å². The van der Waals surface area contributed by atoms with E-state index in [2.05, 4.69) is 5.32 Å². The first kappa shape index (κ1) is 13.7. The van der Waals surface area contributed by atoms with Crippen molar-refractivity contribution in [2.24, 2.45) is 0 Å². The van der Waals surface area contributed by atoms with Crippen LogP contribution in [0.5, 0.6) is 0 Å². The molecule has 1 atom stereocenters. The summed E-state index contributed by atoms with van der Waals surface area (Å²) in [5.41, 5.74) is 0. The predicted molar refractivity (Wildman–Crippen MR) is 72.6 cm³/mol. The zero-order valence-corrected chi connectivity index (χ0v) is 11.7. The van der Waals surface area contributed by atoms with Crippen molar-refractivity contribution in [2.45, 2.75) is 18.9 Å². The summed E-state index contributed by atoms with van der Waals surface area (Å²) < 4.78 is 0. The Labute approximate surface area is 112 Å². The fourth-order valence-electron chi connectivity index (χ4n) is 2.29. The fraction of sp³-hybridized carbons (Fsp3) is 0.833. The molecule has 2 amide bonds. The maximum absolute atomic E-state index is 12.2. The first-order valence-electron chi connectivity index (χ1n) is 6.49. The fourth-order valence-corrected chi connectivity index (χ4v) is 3.24. The van der Waals surface area contributed by atoms with Crippen LogP contribution in [0.15, 0.2) is 0 Å². The summed E-state index contributed by atoms with van der Waals surface area (Å²) in [6, 6.07) is 0.271. The van der Waals surface area contributed by atoms with Crippen LogP contribution in [-0.2, 0) is 9.59 Å². The first-order valence-corrected chi connectivity index (χ1v) is 7.65. The smallest absolute Gasteiger partial charge is 0.241 e. The van der Waals surface area contributed by atoms with Gasteiger partial charge in [0.15, 0.2) is 0 Å². The Morgan fingerprint density at radius 1 is 1.50 bits per heavy atom. The number of likely N-dealkylation sites (N-methyl/N-ethyl adjacent to an activating group) is 1. The van der Waals surface area contributed by atoms with E-state index in [1.54, 1.807) is 16.8 Å². The van der Waals surface area contributed by atoms with Gasteiger partial charge in [0.25, 0.3) is 0 Å². The molecule has 1 unspecified atom stereocenters. The lowest BCUT2D eigenvalue weighted by Crippen LogP contribution is -2.44. The van der Waals surface area contributed by atoms with Crippen molar-refractivity contribution in [1.29, 1.82) is 0 Å². The highest BCUT2D eigenvalue weighted by atomic mass is 32.2. The molecule has 2 fully saturated rings. The quantitative estimate of drug-likeness (QED) is 0.754. The maximum atomic E-state index is 12.2. The molecule has 5 nitrogen and oxygen atoms in total. The van der Waals surface area contributed by atoms with Gasteiger partial charge in [-0.2, -0.15) is 11.8 Å². The number of thioether (sulfide) groups is 1. The predicted octanol–water partition coefficient (Wildman–Crippen LogP) is -0.228. The molecule has 6 heteroatoms. The van der Waals surface area contributed by atoms with Crippen LogP contribution in [-0.4, -0.2) is 72.4 Å². The van der Waals surface area contributed by atoms with Crippen LogP contribution in [0.4, 0.5) is 0 Å². The Hall–Kier alpha value is -0.750. The van der Waals surface area contributed by atoms with Crippen molar-refractivity contribution in [3.8, 4) is 0 Å². The minimum Gasteiger partial charge on any atom is -0.344 e. The SMILES string of the molecule is CN1CCCN(C(=O)CC2CSCCN2)CC1=O. The van der Waals surface area contributed by atoms with Crippen molar-refractivity contribution >= 4 is 23.6 Å². The first-order chi connectivity index (χ1) is 8.66. The number of nitrogens with zero attached hydrogens (tertiary/aromatic N) is 2. The molecule has 2 heterocycles. The van der Waals surface area contributed by atoms with E-state index in [1.807, 2.05) is 11.8 Å². The Morgan fingerprint density at radius 2 is 2.33 bits per heavy atom. The molecule has 0 aromatic carbocycles. The molecular formula is C12H21N3O2S. The van der Waals surface area contributed by atoms with Gasteiger partial charge in [-0.1, -0.05) is 0 Å². The van der Waals surface area contributed by atoms with E-state index < -0.39 is 0 Å². The van der Waals surface area contributed by atoms with E-state index in [4.69, 9.17) is 0 Å². The average Bonchev–Trinajstić information content (AvgIpc) is 2.53. The molecule has 0 saturated carbocycles. The molecule has 0 aromatic heterocycles. The third kappa shape index (κ3) is 3.62. The van der Waals surface area contributed by atoms with Gasteiger partial charge in [-0.15, -0.1) is 0 Å². The lowest BCUT2D eigenvalue weighted by atomic mass is 10.2. The van der Waals surface area contributed by atoms with Crippen LogP contribution in [0.3, 0.4) is 0 Å². The maximum Gasteiger partial charge on any atom is 0.241 e. The van der Waals surface area contributed by atoms with Crippen LogP contribution in [0, 0.1) is 0 Å². The molecular weight excluding hydrogens is 250 g/mol. The van der Waals surface area contributed by atoms with E-state index in [1.165, 1.54) is 0 Å². The second-order valence-corrected chi connectivity index (χ2v) is 6.06. The van der Waals surface area contributed by atoms with Gasteiger partial charge >= 0.3 is 0 Å². The van der Waals surface area contributed by atoms with Gasteiger partial charge in [-0.3, -0.25) is 9.59 Å². The van der Waals surface area contributed by atoms with Crippen LogP contribution in [0.2, 0.25) is 0 Å². The Morgan fingerprint density at radius 3 is 3.06 bits per heavy atom. The van der Waals surface area contributed by atoms with Gasteiger partial charge in [0.2, 0.25) is 11.8 Å². The van der Waals surface area contributed by atoms with Gasteiger partial charge in [-0.25, -0.2) is 0 Å². The molecule has 2 aliphatic rings. The molecule has 18 heavy (non-hydrogen) atoms. The summed E-state index contributed by atoms with van der Waals surface area (Å²) in [6.45, 7) is 2.67. The number of carbonyl (C=O) groups is 2. The number of nitrogens with one attached hydrogen (secondary N) is 1. The lowest BCUT2D eigenvalue weighted by Gasteiger charge is -2.26. The molecule has 0 bridgehead atoms. The number of carbonyl (C=O) groups excluding carboxylic acids is 2. The van der Waals surface area contributed by atoms with Gasteiger partial charge in [0, 0.05) is 50.7 Å². The summed E-state index contributed by atoms with van der Waals surface area (Å²) in [6.07, 6.45) is 1.39. The number of hydrogen-bond donors (Lipinski definition) is 1. The standard InChI is InChI=1S/C12H21N3O2S/c1-14-4-2-5-15(8-12(14)17)11(16)7-10-9-18-6-3-13-10/h10,13H,2-9H2,1H3. The van der Waals surface area contributed by atoms with Crippen LogP contribution in [0.1, 0.15) is 12.8 Å². The van der Waals surface area contributed by atoms with Gasteiger partial charge in [0.05, 0.1) is 6.54 Å². The molecule has 1 N–H and O–H groups in total. The topological polar surface area (TPSA) is 52.6 Å². The Bertz CT molecular complexity index is 318. The molecule has 2 saturated heterocycles. The summed E-state index contributed by atoms with van der Waals surface area (Å²) in [5.74, 6) is 2.27. The summed E-state index contributed by atoms with van der Waals surface area (Å²) >= 11 is 1.89. The Kier molecular flexibility index (Phi) is 4.88. The normalized spacial score (nSPS) is 26.1. The highest BCUT2D eigenvalue weighted by Crippen LogP contribution is 2.12. The average molecular weight is 271 g/mol. The molecule has 0 aromatic rings. The minimum atomic E-state index is 0.0480. The van der Waals surface area contributed by atoms with Gasteiger partial charge in [0.1, 0.15) is 0 Å². The van der Waals surface area contributed by atoms with Gasteiger partial charge in [-0.05, 0) is 6.42 Å². The van der Waals surface area contributed by atoms with Gasteiger partial charge < -0.3 is 15.1 Å². The summed E-state index contributed by atoms with van der Waals surface area (Å²) in [5, 5.41) is 3.36. The van der Waals surface area contributed by atoms with Crippen LogP contribution >= 0.6 is 11.8 Å². The molecule has 2 aliphatic heterocycles. The molecule has 0 radical (unpaired) electrons.